The van der Waals surface area contributed by atoms with Gasteiger partial charge in [0.25, 0.3) is 0 Å². The fourth-order valence-corrected chi connectivity index (χ4v) is 4.26. The molecule has 1 unspecified atom stereocenters. The van der Waals surface area contributed by atoms with Gasteiger partial charge in [0.1, 0.15) is 17.1 Å². The molecule has 1 amide bonds. The van der Waals surface area contributed by atoms with Crippen LogP contribution in [0.2, 0.25) is 0 Å². The predicted octanol–water partition coefficient (Wildman–Crippen LogP) is 5.84. The number of benzene rings is 3. The quantitative estimate of drug-likeness (QED) is 0.546. The maximum absolute atomic E-state index is 13.0. The summed E-state index contributed by atoms with van der Waals surface area (Å²) in [5, 5.41) is 20.6. The fraction of sp³-hybridized carbons (Fsp3) is 0.296. The first-order chi connectivity index (χ1) is 15.2. The Kier molecular flexibility index (Phi) is 5.83. The second kappa shape index (κ2) is 8.58. The zero-order valence-electron chi connectivity index (χ0n) is 18.7. The first kappa shape index (κ1) is 21.8. The van der Waals surface area contributed by atoms with Gasteiger partial charge < -0.3 is 19.8 Å². The van der Waals surface area contributed by atoms with Gasteiger partial charge in [0.15, 0.2) is 0 Å². The van der Waals surface area contributed by atoms with Crippen LogP contribution >= 0.6 is 0 Å². The largest absolute Gasteiger partial charge is 0.508 e. The minimum Gasteiger partial charge on any atom is -0.508 e. The van der Waals surface area contributed by atoms with E-state index < -0.39 is 17.7 Å². The molecule has 1 aliphatic heterocycles. The predicted molar refractivity (Wildman–Crippen MR) is 125 cm³/mol. The van der Waals surface area contributed by atoms with Crippen molar-refractivity contribution in [1.82, 2.24) is 4.90 Å². The van der Waals surface area contributed by atoms with E-state index in [0.29, 0.717) is 24.9 Å². The smallest absolute Gasteiger partial charge is 0.410 e. The number of phenols is 2. The van der Waals surface area contributed by atoms with Gasteiger partial charge in [-0.2, -0.15) is 0 Å². The minimum absolute atomic E-state index is 0.000774. The third-order valence-electron chi connectivity index (χ3n) is 5.68. The van der Waals surface area contributed by atoms with Crippen LogP contribution in [0.4, 0.5) is 4.79 Å². The van der Waals surface area contributed by atoms with Crippen LogP contribution in [0.3, 0.4) is 0 Å². The molecule has 3 aromatic rings. The zero-order valence-corrected chi connectivity index (χ0v) is 18.7. The van der Waals surface area contributed by atoms with Crippen molar-refractivity contribution in [2.45, 2.75) is 45.3 Å². The van der Waals surface area contributed by atoms with Crippen LogP contribution in [0.25, 0.3) is 11.1 Å². The fourth-order valence-electron chi connectivity index (χ4n) is 4.26. The Morgan fingerprint density at radius 1 is 1.00 bits per heavy atom. The summed E-state index contributed by atoms with van der Waals surface area (Å²) >= 11 is 0. The molecule has 1 aliphatic rings. The number of ether oxygens (including phenoxy) is 1. The number of phenolic OH excluding ortho intramolecular Hbond substituents is 2. The van der Waals surface area contributed by atoms with Crippen molar-refractivity contribution >= 4 is 6.09 Å². The SMILES string of the molecule is CC(C)(C)OC(=O)N1CCc2cc(O)cc(O)c2C1Cc1ccc(-c2ccccc2)cc1. The van der Waals surface area contributed by atoms with Gasteiger partial charge in [-0.05, 0) is 61.9 Å². The van der Waals surface area contributed by atoms with Gasteiger partial charge in [0, 0.05) is 18.2 Å². The summed E-state index contributed by atoms with van der Waals surface area (Å²) in [5.41, 5.74) is 4.22. The second-order valence-electron chi connectivity index (χ2n) is 9.24. The number of fused-ring (bicyclic) bond motifs is 1. The summed E-state index contributed by atoms with van der Waals surface area (Å²) in [4.78, 5) is 14.7. The molecule has 0 fully saturated rings. The van der Waals surface area contributed by atoms with Gasteiger partial charge in [0.2, 0.25) is 0 Å². The van der Waals surface area contributed by atoms with E-state index in [4.69, 9.17) is 4.74 Å². The highest BCUT2D eigenvalue weighted by Gasteiger charge is 2.35. The summed E-state index contributed by atoms with van der Waals surface area (Å²) < 4.78 is 5.66. The van der Waals surface area contributed by atoms with Crippen LogP contribution in [0.1, 0.15) is 43.5 Å². The van der Waals surface area contributed by atoms with E-state index in [1.807, 2.05) is 39.0 Å². The van der Waals surface area contributed by atoms with Crippen LogP contribution in [0.15, 0.2) is 66.7 Å². The minimum atomic E-state index is -0.615. The Balaban J connectivity index is 1.67. The van der Waals surface area contributed by atoms with E-state index in [-0.39, 0.29) is 11.5 Å². The molecule has 1 heterocycles. The maximum Gasteiger partial charge on any atom is 0.410 e. The Hall–Kier alpha value is -3.47. The lowest BCUT2D eigenvalue weighted by Gasteiger charge is -2.38. The molecule has 0 bridgehead atoms. The first-order valence-corrected chi connectivity index (χ1v) is 10.9. The Labute approximate surface area is 188 Å². The highest BCUT2D eigenvalue weighted by molar-refractivity contribution is 5.70. The molecule has 1 atom stereocenters. The van der Waals surface area contributed by atoms with Gasteiger partial charge in [-0.15, -0.1) is 0 Å². The van der Waals surface area contributed by atoms with E-state index in [9.17, 15) is 15.0 Å². The number of hydrogen-bond donors (Lipinski definition) is 2. The van der Waals surface area contributed by atoms with Crippen molar-refractivity contribution in [2.75, 3.05) is 6.54 Å². The Morgan fingerprint density at radius 3 is 2.31 bits per heavy atom. The molecule has 0 radical (unpaired) electrons. The van der Waals surface area contributed by atoms with Crippen LogP contribution < -0.4 is 0 Å². The molecular weight excluding hydrogens is 402 g/mol. The molecule has 0 saturated carbocycles. The molecule has 32 heavy (non-hydrogen) atoms. The number of nitrogens with zero attached hydrogens (tertiary/aromatic N) is 1. The molecule has 2 N–H and O–H groups in total. The Bertz CT molecular complexity index is 1100. The molecular formula is C27H29NO4. The third kappa shape index (κ3) is 4.72. The van der Waals surface area contributed by atoms with Crippen LogP contribution in [0.5, 0.6) is 11.5 Å². The van der Waals surface area contributed by atoms with E-state index >= 15 is 0 Å². The molecule has 5 nitrogen and oxygen atoms in total. The van der Waals surface area contributed by atoms with Crippen molar-refractivity contribution in [3.05, 3.63) is 83.4 Å². The van der Waals surface area contributed by atoms with E-state index in [1.54, 1.807) is 11.0 Å². The molecule has 5 heteroatoms. The number of carbonyl (C=O) groups is 1. The van der Waals surface area contributed by atoms with E-state index in [0.717, 1.165) is 22.3 Å². The highest BCUT2D eigenvalue weighted by atomic mass is 16.6. The van der Waals surface area contributed by atoms with E-state index in [1.165, 1.54) is 6.07 Å². The van der Waals surface area contributed by atoms with Gasteiger partial charge in [0.05, 0.1) is 6.04 Å². The van der Waals surface area contributed by atoms with Gasteiger partial charge in [-0.1, -0.05) is 54.6 Å². The number of carbonyl (C=O) groups excluding carboxylic acids is 1. The average Bonchev–Trinajstić information content (AvgIpc) is 2.73. The lowest BCUT2D eigenvalue weighted by Crippen LogP contribution is -2.43. The van der Waals surface area contributed by atoms with Crippen molar-refractivity contribution in [2.24, 2.45) is 0 Å². The van der Waals surface area contributed by atoms with Crippen molar-refractivity contribution in [3.63, 3.8) is 0 Å². The average molecular weight is 432 g/mol. The lowest BCUT2D eigenvalue weighted by atomic mass is 9.87. The highest BCUT2D eigenvalue weighted by Crippen LogP contribution is 2.41. The molecule has 0 aromatic heterocycles. The molecule has 0 spiro atoms. The summed E-state index contributed by atoms with van der Waals surface area (Å²) in [6.07, 6.45) is 0.668. The zero-order chi connectivity index (χ0) is 22.9. The summed E-state index contributed by atoms with van der Waals surface area (Å²) in [6, 6.07) is 21.0. The second-order valence-corrected chi connectivity index (χ2v) is 9.24. The molecule has 3 aromatic carbocycles. The first-order valence-electron chi connectivity index (χ1n) is 10.9. The summed E-state index contributed by atoms with van der Waals surface area (Å²) in [6.45, 7) is 5.98. The number of aromatic hydroxyl groups is 2. The van der Waals surface area contributed by atoms with Gasteiger partial charge in [-0.3, -0.25) is 0 Å². The number of hydrogen-bond acceptors (Lipinski definition) is 4. The van der Waals surface area contributed by atoms with Crippen LogP contribution in [-0.4, -0.2) is 33.4 Å². The normalized spacial score (nSPS) is 15.8. The maximum atomic E-state index is 13.0. The lowest BCUT2D eigenvalue weighted by molar-refractivity contribution is 0.0139. The standard InChI is InChI=1S/C27H29NO4/c1-27(2,3)32-26(31)28-14-13-21-16-22(29)17-24(30)25(21)23(28)15-18-9-11-20(12-10-18)19-7-5-4-6-8-19/h4-12,16-17,23,29-30H,13-15H2,1-3H3. The third-order valence-corrected chi connectivity index (χ3v) is 5.68. The van der Waals surface area contributed by atoms with Crippen molar-refractivity contribution in [3.8, 4) is 22.6 Å². The Morgan fingerprint density at radius 2 is 1.66 bits per heavy atom. The monoisotopic (exact) mass is 431 g/mol. The van der Waals surface area contributed by atoms with E-state index in [2.05, 4.69) is 36.4 Å². The van der Waals surface area contributed by atoms with Crippen molar-refractivity contribution in [1.29, 1.82) is 0 Å². The molecule has 0 saturated heterocycles. The molecule has 0 aliphatic carbocycles. The summed E-state index contributed by atoms with van der Waals surface area (Å²) in [5.74, 6) is 0.0251. The van der Waals surface area contributed by atoms with Crippen molar-refractivity contribution < 1.29 is 19.7 Å². The van der Waals surface area contributed by atoms with Gasteiger partial charge in [-0.25, -0.2) is 4.79 Å². The summed E-state index contributed by atoms with van der Waals surface area (Å²) in [7, 11) is 0. The van der Waals surface area contributed by atoms with Crippen LogP contribution in [0, 0.1) is 0 Å². The van der Waals surface area contributed by atoms with Crippen LogP contribution in [-0.2, 0) is 17.6 Å². The molecule has 4 rings (SSSR count). The molecule has 166 valence electrons. The topological polar surface area (TPSA) is 70.0 Å². The number of amides is 1. The number of rotatable bonds is 3. The van der Waals surface area contributed by atoms with Gasteiger partial charge >= 0.3 is 6.09 Å².